The number of amides is 1. The van der Waals surface area contributed by atoms with Crippen molar-refractivity contribution in [1.82, 2.24) is 9.88 Å². The first-order chi connectivity index (χ1) is 9.49. The van der Waals surface area contributed by atoms with Gasteiger partial charge in [-0.25, -0.2) is 0 Å². The SMILES string of the molecule is CC(C)C1CCN(C(=O)c2ccc(C(N)=S)cn2)CC1. The van der Waals surface area contributed by atoms with Crippen LogP contribution in [0.25, 0.3) is 0 Å². The van der Waals surface area contributed by atoms with Crippen molar-refractivity contribution in [3.05, 3.63) is 29.6 Å². The highest BCUT2D eigenvalue weighted by atomic mass is 32.1. The molecule has 0 radical (unpaired) electrons. The molecule has 0 spiro atoms. The third-order valence-corrected chi connectivity index (χ3v) is 4.27. The molecular weight excluding hydrogens is 270 g/mol. The van der Waals surface area contributed by atoms with Crippen LogP contribution in [0, 0.1) is 11.8 Å². The highest BCUT2D eigenvalue weighted by Gasteiger charge is 2.25. The average molecular weight is 291 g/mol. The summed E-state index contributed by atoms with van der Waals surface area (Å²) < 4.78 is 0. The standard InChI is InChI=1S/C15H21N3OS/c1-10(2)11-5-7-18(8-6-11)15(19)13-4-3-12(9-17-13)14(16)20/h3-4,9-11H,5-8H2,1-2H3,(H2,16,20). The largest absolute Gasteiger partial charge is 0.389 e. The molecule has 1 amide bonds. The van der Waals surface area contributed by atoms with Gasteiger partial charge in [0.05, 0.1) is 0 Å². The van der Waals surface area contributed by atoms with Gasteiger partial charge in [-0.1, -0.05) is 26.1 Å². The molecule has 1 saturated heterocycles. The van der Waals surface area contributed by atoms with Crippen molar-refractivity contribution in [2.75, 3.05) is 13.1 Å². The number of piperidine rings is 1. The Labute approximate surface area is 125 Å². The minimum Gasteiger partial charge on any atom is -0.389 e. The van der Waals surface area contributed by atoms with Gasteiger partial charge in [0.25, 0.3) is 5.91 Å². The van der Waals surface area contributed by atoms with E-state index < -0.39 is 0 Å². The van der Waals surface area contributed by atoms with Gasteiger partial charge in [0.1, 0.15) is 10.7 Å². The molecule has 4 nitrogen and oxygen atoms in total. The maximum atomic E-state index is 12.4. The van der Waals surface area contributed by atoms with Crippen LogP contribution in [-0.4, -0.2) is 33.9 Å². The summed E-state index contributed by atoms with van der Waals surface area (Å²) in [6, 6.07) is 3.45. The lowest BCUT2D eigenvalue weighted by molar-refractivity contribution is 0.0662. The van der Waals surface area contributed by atoms with Crippen LogP contribution in [0.5, 0.6) is 0 Å². The first-order valence-corrected chi connectivity index (χ1v) is 7.45. The fourth-order valence-corrected chi connectivity index (χ4v) is 2.72. The zero-order chi connectivity index (χ0) is 14.7. The van der Waals surface area contributed by atoms with Crippen LogP contribution in [0.2, 0.25) is 0 Å². The number of likely N-dealkylation sites (tertiary alicyclic amines) is 1. The zero-order valence-electron chi connectivity index (χ0n) is 12.0. The summed E-state index contributed by atoms with van der Waals surface area (Å²) in [5, 5.41) is 0. The van der Waals surface area contributed by atoms with Crippen LogP contribution in [0.15, 0.2) is 18.3 Å². The first-order valence-electron chi connectivity index (χ1n) is 7.04. The molecule has 2 N–H and O–H groups in total. The first kappa shape index (κ1) is 14.9. The van der Waals surface area contributed by atoms with E-state index in [1.165, 1.54) is 0 Å². The Morgan fingerprint density at radius 3 is 2.50 bits per heavy atom. The molecule has 1 aromatic rings. The third kappa shape index (κ3) is 3.33. The Balaban J connectivity index is 2.00. The van der Waals surface area contributed by atoms with Gasteiger partial charge in [0, 0.05) is 24.8 Å². The number of carbonyl (C=O) groups excluding carboxylic acids is 1. The minimum atomic E-state index is 0.00157. The zero-order valence-corrected chi connectivity index (χ0v) is 12.8. The second kappa shape index (κ2) is 6.31. The van der Waals surface area contributed by atoms with Gasteiger partial charge in [0.2, 0.25) is 0 Å². The van der Waals surface area contributed by atoms with Crippen molar-refractivity contribution < 1.29 is 4.79 Å². The molecule has 108 valence electrons. The molecule has 0 aromatic carbocycles. The summed E-state index contributed by atoms with van der Waals surface area (Å²) in [6.07, 6.45) is 3.72. The van der Waals surface area contributed by atoms with E-state index in [1.807, 2.05) is 4.90 Å². The van der Waals surface area contributed by atoms with Crippen LogP contribution in [0.3, 0.4) is 0 Å². The normalized spacial score (nSPS) is 16.4. The molecule has 1 aliphatic heterocycles. The summed E-state index contributed by atoms with van der Waals surface area (Å²) in [5.41, 5.74) is 6.68. The van der Waals surface area contributed by atoms with E-state index in [2.05, 4.69) is 18.8 Å². The summed E-state index contributed by atoms with van der Waals surface area (Å²) in [7, 11) is 0. The van der Waals surface area contributed by atoms with Gasteiger partial charge in [0.15, 0.2) is 0 Å². The fourth-order valence-electron chi connectivity index (χ4n) is 2.60. The molecular formula is C15H21N3OS. The predicted octanol–water partition coefficient (Wildman–Crippen LogP) is 2.22. The Hall–Kier alpha value is -1.49. The number of pyridine rings is 1. The summed E-state index contributed by atoms with van der Waals surface area (Å²) in [4.78, 5) is 18.7. The van der Waals surface area contributed by atoms with Gasteiger partial charge in [-0.05, 0) is 36.8 Å². The molecule has 1 aromatic heterocycles. The number of carbonyl (C=O) groups is 1. The molecule has 20 heavy (non-hydrogen) atoms. The van der Waals surface area contributed by atoms with Gasteiger partial charge in [-0.3, -0.25) is 9.78 Å². The molecule has 0 aliphatic carbocycles. The van der Waals surface area contributed by atoms with E-state index in [4.69, 9.17) is 18.0 Å². The quantitative estimate of drug-likeness (QED) is 0.868. The van der Waals surface area contributed by atoms with Gasteiger partial charge >= 0.3 is 0 Å². The van der Waals surface area contributed by atoms with Crippen molar-refractivity contribution >= 4 is 23.1 Å². The van der Waals surface area contributed by atoms with Crippen molar-refractivity contribution in [3.8, 4) is 0 Å². The number of aromatic nitrogens is 1. The van der Waals surface area contributed by atoms with Crippen molar-refractivity contribution in [1.29, 1.82) is 0 Å². The predicted molar refractivity (Wildman–Crippen MR) is 83.6 cm³/mol. The second-order valence-corrected chi connectivity index (χ2v) is 6.11. The lowest BCUT2D eigenvalue weighted by Gasteiger charge is -2.33. The minimum absolute atomic E-state index is 0.00157. The summed E-state index contributed by atoms with van der Waals surface area (Å²) >= 11 is 4.88. The number of rotatable bonds is 3. The van der Waals surface area contributed by atoms with E-state index in [0.717, 1.165) is 31.8 Å². The van der Waals surface area contributed by atoms with Gasteiger partial charge in [-0.2, -0.15) is 0 Å². The molecule has 0 bridgehead atoms. The van der Waals surface area contributed by atoms with Crippen LogP contribution in [-0.2, 0) is 0 Å². The van der Waals surface area contributed by atoms with Crippen LogP contribution in [0.1, 0.15) is 42.7 Å². The average Bonchev–Trinajstić information content (AvgIpc) is 2.46. The van der Waals surface area contributed by atoms with E-state index in [1.54, 1.807) is 18.3 Å². The monoisotopic (exact) mass is 291 g/mol. The molecule has 1 fully saturated rings. The molecule has 0 unspecified atom stereocenters. The van der Waals surface area contributed by atoms with E-state index in [-0.39, 0.29) is 5.91 Å². The Kier molecular flexibility index (Phi) is 4.70. The topological polar surface area (TPSA) is 59.2 Å². The number of nitrogens with two attached hydrogens (primary N) is 1. The highest BCUT2D eigenvalue weighted by molar-refractivity contribution is 7.80. The van der Waals surface area contributed by atoms with Crippen LogP contribution >= 0.6 is 12.2 Å². The number of hydrogen-bond acceptors (Lipinski definition) is 3. The summed E-state index contributed by atoms with van der Waals surface area (Å²) in [6.45, 7) is 6.14. The van der Waals surface area contributed by atoms with Crippen LogP contribution in [0.4, 0.5) is 0 Å². The number of hydrogen-bond donors (Lipinski definition) is 1. The van der Waals surface area contributed by atoms with Crippen LogP contribution < -0.4 is 5.73 Å². The van der Waals surface area contributed by atoms with Gasteiger partial charge in [-0.15, -0.1) is 0 Å². The Bertz CT molecular complexity index is 490. The van der Waals surface area contributed by atoms with E-state index >= 15 is 0 Å². The summed E-state index contributed by atoms with van der Waals surface area (Å²) in [5.74, 6) is 1.42. The lowest BCUT2D eigenvalue weighted by Crippen LogP contribution is -2.39. The van der Waals surface area contributed by atoms with Gasteiger partial charge < -0.3 is 10.6 Å². The second-order valence-electron chi connectivity index (χ2n) is 5.67. The molecule has 1 aliphatic rings. The smallest absolute Gasteiger partial charge is 0.272 e. The van der Waals surface area contributed by atoms with Crippen molar-refractivity contribution in [2.45, 2.75) is 26.7 Å². The van der Waals surface area contributed by atoms with E-state index in [0.29, 0.717) is 22.2 Å². The maximum absolute atomic E-state index is 12.4. The van der Waals surface area contributed by atoms with Crippen molar-refractivity contribution in [3.63, 3.8) is 0 Å². The molecule has 0 atom stereocenters. The fraction of sp³-hybridized carbons (Fsp3) is 0.533. The number of nitrogens with zero attached hydrogens (tertiary/aromatic N) is 2. The number of thiocarbonyl (C=S) groups is 1. The van der Waals surface area contributed by atoms with Crippen molar-refractivity contribution in [2.24, 2.45) is 17.6 Å². The molecule has 0 saturated carbocycles. The Morgan fingerprint density at radius 1 is 1.40 bits per heavy atom. The molecule has 2 rings (SSSR count). The lowest BCUT2D eigenvalue weighted by atomic mass is 9.86. The molecule has 5 heteroatoms. The maximum Gasteiger partial charge on any atom is 0.272 e. The Morgan fingerprint density at radius 2 is 2.05 bits per heavy atom. The third-order valence-electron chi connectivity index (χ3n) is 4.04. The highest BCUT2D eigenvalue weighted by Crippen LogP contribution is 2.25. The molecule has 2 heterocycles. The van der Waals surface area contributed by atoms with E-state index in [9.17, 15) is 4.79 Å².